The van der Waals surface area contributed by atoms with Crippen LogP contribution in [0, 0.1) is 0 Å². The Hall–Kier alpha value is -1.94. The van der Waals surface area contributed by atoms with E-state index in [1.165, 1.54) is 21.7 Å². The lowest BCUT2D eigenvalue weighted by atomic mass is 10.3. The number of hydrogen-bond donors (Lipinski definition) is 1. The van der Waals surface area contributed by atoms with Crippen molar-refractivity contribution in [1.82, 2.24) is 14.2 Å². The van der Waals surface area contributed by atoms with Gasteiger partial charge in [-0.3, -0.25) is 9.78 Å². The standard InChI is InChI=1S/C17H19ClN4O3S2/c18-16-2-1-15(26-16)5-12-27(24,25)22-11-10-21(17(23)13-22)9-8-20-14-3-6-19-7-4-14/h1-7,12H,8-11,13H2,(H,19,20)/b12-5+. The fraction of sp³-hybridized carbons (Fsp3) is 0.294. The van der Waals surface area contributed by atoms with Crippen molar-refractivity contribution in [1.29, 1.82) is 0 Å². The monoisotopic (exact) mass is 426 g/mol. The summed E-state index contributed by atoms with van der Waals surface area (Å²) in [6.45, 7) is 1.60. The number of sulfonamides is 1. The first kappa shape index (κ1) is 19.8. The first-order valence-electron chi connectivity index (χ1n) is 8.29. The number of thiophene rings is 1. The highest BCUT2D eigenvalue weighted by molar-refractivity contribution is 7.92. The summed E-state index contributed by atoms with van der Waals surface area (Å²) in [5.74, 6) is -0.200. The van der Waals surface area contributed by atoms with Crippen LogP contribution in [0.5, 0.6) is 0 Å². The van der Waals surface area contributed by atoms with Crippen LogP contribution >= 0.6 is 22.9 Å². The van der Waals surface area contributed by atoms with E-state index in [-0.39, 0.29) is 19.0 Å². The number of carbonyl (C=O) groups is 1. The second-order valence-corrected chi connectivity index (χ2v) is 9.43. The topological polar surface area (TPSA) is 82.6 Å². The maximum atomic E-state index is 12.4. The van der Waals surface area contributed by atoms with Crippen molar-refractivity contribution in [2.75, 3.05) is 38.0 Å². The van der Waals surface area contributed by atoms with Gasteiger partial charge in [0.05, 0.1) is 10.9 Å². The van der Waals surface area contributed by atoms with Crippen molar-refractivity contribution in [2.24, 2.45) is 0 Å². The maximum absolute atomic E-state index is 12.4. The quantitative estimate of drug-likeness (QED) is 0.734. The number of carbonyl (C=O) groups excluding carboxylic acids is 1. The summed E-state index contributed by atoms with van der Waals surface area (Å²) >= 11 is 7.13. The summed E-state index contributed by atoms with van der Waals surface area (Å²) in [4.78, 5) is 18.7. The first-order chi connectivity index (χ1) is 12.9. The minimum atomic E-state index is -3.65. The molecule has 1 amide bonds. The number of nitrogens with zero attached hydrogens (tertiary/aromatic N) is 3. The highest BCUT2D eigenvalue weighted by atomic mass is 35.5. The first-order valence-corrected chi connectivity index (χ1v) is 11.0. The molecule has 0 atom stereocenters. The number of rotatable bonds is 7. The molecule has 0 spiro atoms. The van der Waals surface area contributed by atoms with Crippen LogP contribution in [0.3, 0.4) is 0 Å². The predicted molar refractivity (Wildman–Crippen MR) is 108 cm³/mol. The molecular formula is C17H19ClN4O3S2. The van der Waals surface area contributed by atoms with E-state index in [1.807, 2.05) is 12.1 Å². The highest BCUT2D eigenvalue weighted by Gasteiger charge is 2.30. The zero-order valence-electron chi connectivity index (χ0n) is 14.4. The molecule has 7 nitrogen and oxygen atoms in total. The summed E-state index contributed by atoms with van der Waals surface area (Å²) in [7, 11) is -3.65. The van der Waals surface area contributed by atoms with Gasteiger partial charge in [-0.25, -0.2) is 8.42 Å². The van der Waals surface area contributed by atoms with Crippen molar-refractivity contribution in [3.05, 3.63) is 51.3 Å². The lowest BCUT2D eigenvalue weighted by molar-refractivity contribution is -0.133. The smallest absolute Gasteiger partial charge is 0.238 e. The van der Waals surface area contributed by atoms with Gasteiger partial charge in [-0.15, -0.1) is 11.3 Å². The van der Waals surface area contributed by atoms with Crippen molar-refractivity contribution < 1.29 is 13.2 Å². The molecule has 1 aliphatic heterocycles. The number of anilines is 1. The Morgan fingerprint density at radius 3 is 2.67 bits per heavy atom. The van der Waals surface area contributed by atoms with Gasteiger partial charge in [0.1, 0.15) is 0 Å². The summed E-state index contributed by atoms with van der Waals surface area (Å²) in [6, 6.07) is 7.15. The van der Waals surface area contributed by atoms with Gasteiger partial charge < -0.3 is 10.2 Å². The average Bonchev–Trinajstić information content (AvgIpc) is 3.08. The number of nitrogens with one attached hydrogen (secondary N) is 1. The number of amides is 1. The maximum Gasteiger partial charge on any atom is 0.238 e. The van der Waals surface area contributed by atoms with Crippen LogP contribution in [0.2, 0.25) is 4.34 Å². The van der Waals surface area contributed by atoms with E-state index >= 15 is 0 Å². The molecule has 0 unspecified atom stereocenters. The van der Waals surface area contributed by atoms with Crippen LogP contribution in [0.4, 0.5) is 5.69 Å². The number of pyridine rings is 1. The Balaban J connectivity index is 1.51. The van der Waals surface area contributed by atoms with Gasteiger partial charge in [0, 0.05) is 54.5 Å². The average molecular weight is 427 g/mol. The largest absolute Gasteiger partial charge is 0.383 e. The van der Waals surface area contributed by atoms with Gasteiger partial charge in [-0.05, 0) is 30.3 Å². The second-order valence-electron chi connectivity index (χ2n) is 5.87. The molecule has 10 heteroatoms. The SMILES string of the molecule is O=C1CN(S(=O)(=O)/C=C/c2ccc(Cl)s2)CCN1CCNc1ccncc1. The van der Waals surface area contributed by atoms with E-state index in [0.29, 0.717) is 24.0 Å². The molecule has 27 heavy (non-hydrogen) atoms. The Bertz CT molecular complexity index is 915. The lowest BCUT2D eigenvalue weighted by Crippen LogP contribution is -2.52. The zero-order chi connectivity index (χ0) is 19.3. The van der Waals surface area contributed by atoms with Gasteiger partial charge in [-0.2, -0.15) is 4.31 Å². The second kappa shape index (κ2) is 8.83. The molecule has 0 aromatic carbocycles. The molecule has 3 heterocycles. The van der Waals surface area contributed by atoms with Gasteiger partial charge in [0.2, 0.25) is 15.9 Å². The minimum absolute atomic E-state index is 0.146. The molecule has 0 bridgehead atoms. The van der Waals surface area contributed by atoms with Crippen LogP contribution in [0.1, 0.15) is 4.88 Å². The van der Waals surface area contributed by atoms with E-state index in [1.54, 1.807) is 29.4 Å². The van der Waals surface area contributed by atoms with Crippen molar-refractivity contribution in [3.8, 4) is 0 Å². The van der Waals surface area contributed by atoms with E-state index < -0.39 is 10.0 Å². The third kappa shape index (κ3) is 5.52. The van der Waals surface area contributed by atoms with Crippen LogP contribution in [0.25, 0.3) is 6.08 Å². The van der Waals surface area contributed by atoms with E-state index in [4.69, 9.17) is 11.6 Å². The molecule has 2 aromatic heterocycles. The highest BCUT2D eigenvalue weighted by Crippen LogP contribution is 2.23. The normalized spacial score (nSPS) is 16.2. The fourth-order valence-corrected chi connectivity index (χ4v) is 4.77. The molecule has 3 rings (SSSR count). The third-order valence-electron chi connectivity index (χ3n) is 4.03. The fourth-order valence-electron chi connectivity index (χ4n) is 2.60. The molecule has 1 N–H and O–H groups in total. The summed E-state index contributed by atoms with van der Waals surface area (Å²) in [5.41, 5.74) is 0.928. The van der Waals surface area contributed by atoms with Gasteiger partial charge in [-0.1, -0.05) is 11.6 Å². The van der Waals surface area contributed by atoms with Crippen LogP contribution < -0.4 is 5.32 Å². The Morgan fingerprint density at radius 2 is 2.00 bits per heavy atom. The number of halogens is 1. The minimum Gasteiger partial charge on any atom is -0.383 e. The predicted octanol–water partition coefficient (Wildman–Crippen LogP) is 2.35. The Kier molecular flexibility index (Phi) is 6.48. The molecule has 0 saturated carbocycles. The van der Waals surface area contributed by atoms with Gasteiger partial charge in [0.15, 0.2) is 0 Å². The Labute approximate surface area is 167 Å². The third-order valence-corrected chi connectivity index (χ3v) is 6.74. The molecule has 144 valence electrons. The molecule has 1 fully saturated rings. The molecule has 1 aliphatic rings. The van der Waals surface area contributed by atoms with Crippen LogP contribution in [-0.4, -0.2) is 61.2 Å². The Morgan fingerprint density at radius 1 is 1.22 bits per heavy atom. The van der Waals surface area contributed by atoms with Crippen molar-refractivity contribution in [2.45, 2.75) is 0 Å². The summed E-state index contributed by atoms with van der Waals surface area (Å²) in [6.07, 6.45) is 4.88. The molecule has 0 aliphatic carbocycles. The molecule has 2 aromatic rings. The number of piperazine rings is 1. The molecule has 1 saturated heterocycles. The summed E-state index contributed by atoms with van der Waals surface area (Å²) in [5, 5.41) is 4.34. The summed E-state index contributed by atoms with van der Waals surface area (Å²) < 4.78 is 26.7. The van der Waals surface area contributed by atoms with E-state index in [2.05, 4.69) is 10.3 Å². The van der Waals surface area contributed by atoms with Crippen LogP contribution in [-0.2, 0) is 14.8 Å². The zero-order valence-corrected chi connectivity index (χ0v) is 16.8. The number of aromatic nitrogens is 1. The molecule has 0 radical (unpaired) electrons. The van der Waals surface area contributed by atoms with Gasteiger partial charge in [0.25, 0.3) is 0 Å². The number of hydrogen-bond acceptors (Lipinski definition) is 6. The molecular weight excluding hydrogens is 408 g/mol. The van der Waals surface area contributed by atoms with Crippen LogP contribution in [0.15, 0.2) is 42.1 Å². The van der Waals surface area contributed by atoms with Gasteiger partial charge >= 0.3 is 0 Å². The van der Waals surface area contributed by atoms with E-state index in [0.717, 1.165) is 16.0 Å². The lowest BCUT2D eigenvalue weighted by Gasteiger charge is -2.33. The van der Waals surface area contributed by atoms with Crippen molar-refractivity contribution in [3.63, 3.8) is 0 Å². The van der Waals surface area contributed by atoms with Crippen molar-refractivity contribution >= 4 is 50.6 Å². The van der Waals surface area contributed by atoms with E-state index in [9.17, 15) is 13.2 Å².